The monoisotopic (exact) mass is 278 g/mol. The van der Waals surface area contributed by atoms with Gasteiger partial charge in [-0.2, -0.15) is 0 Å². The molecular formula is C15H22N2O3. The Morgan fingerprint density at radius 1 is 1.40 bits per heavy atom. The molecule has 0 amide bonds. The van der Waals surface area contributed by atoms with Crippen molar-refractivity contribution in [1.82, 2.24) is 5.32 Å². The first-order valence-corrected chi connectivity index (χ1v) is 7.22. The van der Waals surface area contributed by atoms with E-state index in [0.717, 1.165) is 18.0 Å². The Morgan fingerprint density at radius 3 is 2.80 bits per heavy atom. The minimum absolute atomic E-state index is 0.110. The largest absolute Gasteiger partial charge is 0.496 e. The molecule has 1 fully saturated rings. The number of hydrogen-bond donors (Lipinski definition) is 1. The molecule has 0 bridgehead atoms. The van der Waals surface area contributed by atoms with E-state index in [-0.39, 0.29) is 10.6 Å². The van der Waals surface area contributed by atoms with Crippen molar-refractivity contribution in [3.63, 3.8) is 0 Å². The maximum Gasteiger partial charge on any atom is 0.270 e. The molecule has 1 N–H and O–H groups in total. The number of nitro groups is 1. The average molecular weight is 278 g/mol. The highest BCUT2D eigenvalue weighted by Crippen LogP contribution is 2.27. The minimum atomic E-state index is -0.374. The molecule has 1 aliphatic carbocycles. The lowest BCUT2D eigenvalue weighted by Gasteiger charge is -2.11. The van der Waals surface area contributed by atoms with Gasteiger partial charge in [0.25, 0.3) is 5.69 Å². The van der Waals surface area contributed by atoms with E-state index in [1.165, 1.54) is 38.2 Å². The molecule has 0 saturated heterocycles. The maximum absolute atomic E-state index is 10.8. The van der Waals surface area contributed by atoms with Crippen LogP contribution in [-0.4, -0.2) is 18.6 Å². The number of benzene rings is 1. The Balaban J connectivity index is 1.86. The Hall–Kier alpha value is -1.62. The number of hydrogen-bond acceptors (Lipinski definition) is 4. The topological polar surface area (TPSA) is 64.4 Å². The summed E-state index contributed by atoms with van der Waals surface area (Å²) in [6, 6.07) is 4.72. The van der Waals surface area contributed by atoms with Crippen LogP contribution in [0.2, 0.25) is 0 Å². The maximum atomic E-state index is 10.8. The number of rotatable bonds is 7. The number of non-ortho nitro benzene ring substituents is 1. The highest BCUT2D eigenvalue weighted by molar-refractivity contribution is 5.43. The van der Waals surface area contributed by atoms with Crippen molar-refractivity contribution in [2.45, 2.75) is 38.6 Å². The highest BCUT2D eigenvalue weighted by atomic mass is 16.6. The molecule has 0 aliphatic heterocycles. The molecule has 0 atom stereocenters. The van der Waals surface area contributed by atoms with Crippen molar-refractivity contribution in [2.24, 2.45) is 5.92 Å². The summed E-state index contributed by atoms with van der Waals surface area (Å²) in [7, 11) is 1.59. The second kappa shape index (κ2) is 7.24. The van der Waals surface area contributed by atoms with E-state index in [0.29, 0.717) is 12.3 Å². The van der Waals surface area contributed by atoms with Gasteiger partial charge >= 0.3 is 0 Å². The molecule has 0 radical (unpaired) electrons. The zero-order valence-electron chi connectivity index (χ0n) is 11.9. The van der Waals surface area contributed by atoms with E-state index in [1.807, 2.05) is 0 Å². The zero-order valence-corrected chi connectivity index (χ0v) is 11.9. The van der Waals surface area contributed by atoms with Gasteiger partial charge in [0.1, 0.15) is 5.75 Å². The Morgan fingerprint density at radius 2 is 2.15 bits per heavy atom. The van der Waals surface area contributed by atoms with Crippen LogP contribution >= 0.6 is 0 Å². The van der Waals surface area contributed by atoms with E-state index in [1.54, 1.807) is 19.2 Å². The molecule has 20 heavy (non-hydrogen) atoms. The first-order chi connectivity index (χ1) is 9.70. The number of nitrogens with zero attached hydrogens (tertiary/aromatic N) is 1. The Bertz CT molecular complexity index is 456. The van der Waals surface area contributed by atoms with Gasteiger partial charge in [-0.1, -0.05) is 25.7 Å². The smallest absolute Gasteiger partial charge is 0.270 e. The number of methoxy groups -OCH3 is 1. The molecule has 1 aliphatic rings. The van der Waals surface area contributed by atoms with Crippen LogP contribution in [0.3, 0.4) is 0 Å². The van der Waals surface area contributed by atoms with E-state index < -0.39 is 0 Å². The van der Waals surface area contributed by atoms with Crippen molar-refractivity contribution >= 4 is 5.69 Å². The van der Waals surface area contributed by atoms with Crippen molar-refractivity contribution < 1.29 is 9.66 Å². The Kier molecular flexibility index (Phi) is 5.35. The van der Waals surface area contributed by atoms with Crippen LogP contribution < -0.4 is 10.1 Å². The van der Waals surface area contributed by atoms with Crippen LogP contribution in [0.25, 0.3) is 0 Å². The second-order valence-electron chi connectivity index (χ2n) is 5.37. The summed E-state index contributed by atoms with van der Waals surface area (Å²) in [4.78, 5) is 10.4. The molecule has 1 aromatic rings. The van der Waals surface area contributed by atoms with Gasteiger partial charge in [-0.05, 0) is 24.9 Å². The first kappa shape index (κ1) is 14.8. The standard InChI is InChI=1S/C15H22N2O3/c1-20-15-7-6-14(17(18)19)10-13(15)11-16-9-8-12-4-2-3-5-12/h6-7,10,12,16H,2-5,8-9,11H2,1H3. The lowest BCUT2D eigenvalue weighted by atomic mass is 10.0. The van der Waals surface area contributed by atoms with Gasteiger partial charge in [0.05, 0.1) is 12.0 Å². The fraction of sp³-hybridized carbons (Fsp3) is 0.600. The third kappa shape index (κ3) is 3.93. The predicted molar refractivity (Wildman–Crippen MR) is 77.9 cm³/mol. The molecule has 0 aromatic heterocycles. The second-order valence-corrected chi connectivity index (χ2v) is 5.37. The number of nitrogens with one attached hydrogen (secondary N) is 1. The quantitative estimate of drug-likeness (QED) is 0.472. The summed E-state index contributed by atoms with van der Waals surface area (Å²) < 4.78 is 5.25. The fourth-order valence-electron chi connectivity index (χ4n) is 2.84. The van der Waals surface area contributed by atoms with Crippen molar-refractivity contribution in [2.75, 3.05) is 13.7 Å². The summed E-state index contributed by atoms with van der Waals surface area (Å²) in [6.45, 7) is 1.56. The van der Waals surface area contributed by atoms with E-state index >= 15 is 0 Å². The van der Waals surface area contributed by atoms with Gasteiger partial charge in [-0.15, -0.1) is 0 Å². The summed E-state index contributed by atoms with van der Waals surface area (Å²) >= 11 is 0. The van der Waals surface area contributed by atoms with E-state index in [4.69, 9.17) is 4.74 Å². The van der Waals surface area contributed by atoms with Gasteiger partial charge in [0.2, 0.25) is 0 Å². The van der Waals surface area contributed by atoms with Gasteiger partial charge in [-0.25, -0.2) is 0 Å². The lowest BCUT2D eigenvalue weighted by molar-refractivity contribution is -0.384. The molecule has 110 valence electrons. The molecule has 0 heterocycles. The molecule has 5 nitrogen and oxygen atoms in total. The summed E-state index contributed by atoms with van der Waals surface area (Å²) in [5, 5.41) is 14.2. The van der Waals surface area contributed by atoms with Crippen LogP contribution in [0.1, 0.15) is 37.7 Å². The first-order valence-electron chi connectivity index (χ1n) is 7.22. The molecule has 1 aromatic carbocycles. The van der Waals surface area contributed by atoms with E-state index in [2.05, 4.69) is 5.32 Å². The van der Waals surface area contributed by atoms with Crippen molar-refractivity contribution in [1.29, 1.82) is 0 Å². The molecule has 0 unspecified atom stereocenters. The third-order valence-corrected chi connectivity index (χ3v) is 3.99. The average Bonchev–Trinajstić information content (AvgIpc) is 2.96. The third-order valence-electron chi connectivity index (χ3n) is 3.99. The van der Waals surface area contributed by atoms with Gasteiger partial charge in [0.15, 0.2) is 0 Å². The molecule has 1 saturated carbocycles. The van der Waals surface area contributed by atoms with Gasteiger partial charge in [0, 0.05) is 24.2 Å². The molecular weight excluding hydrogens is 256 g/mol. The van der Waals surface area contributed by atoms with Gasteiger partial charge < -0.3 is 10.1 Å². The number of ether oxygens (including phenoxy) is 1. The number of nitro benzene ring substituents is 1. The fourth-order valence-corrected chi connectivity index (χ4v) is 2.84. The molecule has 0 spiro atoms. The minimum Gasteiger partial charge on any atom is -0.496 e. The van der Waals surface area contributed by atoms with Crippen LogP contribution in [0.4, 0.5) is 5.69 Å². The lowest BCUT2D eigenvalue weighted by Crippen LogP contribution is -2.17. The normalized spacial score (nSPS) is 15.4. The molecule has 5 heteroatoms. The van der Waals surface area contributed by atoms with E-state index in [9.17, 15) is 10.1 Å². The van der Waals surface area contributed by atoms with Crippen LogP contribution in [0.15, 0.2) is 18.2 Å². The predicted octanol–water partition coefficient (Wildman–Crippen LogP) is 3.27. The van der Waals surface area contributed by atoms with Crippen LogP contribution in [-0.2, 0) is 6.54 Å². The van der Waals surface area contributed by atoms with Crippen LogP contribution in [0.5, 0.6) is 5.75 Å². The van der Waals surface area contributed by atoms with Crippen LogP contribution in [0, 0.1) is 16.0 Å². The SMILES string of the molecule is COc1ccc([N+](=O)[O-])cc1CNCCC1CCCC1. The van der Waals surface area contributed by atoms with Crippen molar-refractivity contribution in [3.8, 4) is 5.75 Å². The van der Waals surface area contributed by atoms with Gasteiger partial charge in [-0.3, -0.25) is 10.1 Å². The summed E-state index contributed by atoms with van der Waals surface area (Å²) in [5.41, 5.74) is 0.950. The summed E-state index contributed by atoms with van der Waals surface area (Å²) in [6.07, 6.45) is 6.62. The molecule has 2 rings (SSSR count). The van der Waals surface area contributed by atoms with Crippen molar-refractivity contribution in [3.05, 3.63) is 33.9 Å². The summed E-state index contributed by atoms with van der Waals surface area (Å²) in [5.74, 6) is 1.55. The Labute approximate surface area is 119 Å². The highest BCUT2D eigenvalue weighted by Gasteiger charge is 2.14. The zero-order chi connectivity index (χ0) is 14.4.